The van der Waals surface area contributed by atoms with E-state index < -0.39 is 11.8 Å². The van der Waals surface area contributed by atoms with Crippen molar-refractivity contribution < 1.29 is 24.5 Å². The average Bonchev–Trinajstić information content (AvgIpc) is 2.81. The van der Waals surface area contributed by atoms with Gasteiger partial charge in [0.2, 0.25) is 5.88 Å². The fourth-order valence-electron chi connectivity index (χ4n) is 4.46. The molecule has 0 atom stereocenters. The van der Waals surface area contributed by atoms with Gasteiger partial charge in [0.15, 0.2) is 0 Å². The molecule has 2 aromatic carbocycles. The summed E-state index contributed by atoms with van der Waals surface area (Å²) >= 11 is 6.11. The van der Waals surface area contributed by atoms with E-state index in [0.29, 0.717) is 52.9 Å². The van der Waals surface area contributed by atoms with Crippen molar-refractivity contribution in [2.75, 3.05) is 27.3 Å². The monoisotopic (exact) mass is 496 g/mol. The number of aromatic hydroxyl groups is 2. The molecule has 3 aromatic rings. The van der Waals surface area contributed by atoms with Crippen molar-refractivity contribution in [2.24, 2.45) is 0 Å². The van der Waals surface area contributed by atoms with Gasteiger partial charge in [-0.25, -0.2) is 4.98 Å². The molecule has 1 aliphatic rings. The van der Waals surface area contributed by atoms with E-state index in [0.717, 1.165) is 18.4 Å². The maximum Gasteiger partial charge on any atom is 0.263 e. The number of pyridine rings is 1. The molecule has 4 rings (SSSR count). The number of rotatable bonds is 8. The standard InChI is InChI=1S/C27H29ClN2O5/c1-4-5-10-19-22(23-20(34-2)11-7-12-21(23)35-3)25(31)24(26(32)29-19)27(33)30-14-17(15-30)16-8-6-9-18(28)13-16/h6-9,11-13,17H,4-5,10,14-15H2,1-3H3,(H2,29,31,32). The Kier molecular flexibility index (Phi) is 7.36. The van der Waals surface area contributed by atoms with E-state index in [4.69, 9.17) is 21.1 Å². The van der Waals surface area contributed by atoms with Gasteiger partial charge in [-0.1, -0.05) is 43.1 Å². The van der Waals surface area contributed by atoms with Gasteiger partial charge in [-0.05, 0) is 42.7 Å². The molecule has 0 bridgehead atoms. The highest BCUT2D eigenvalue weighted by Crippen LogP contribution is 2.47. The Labute approximate surface area is 209 Å². The van der Waals surface area contributed by atoms with Gasteiger partial charge >= 0.3 is 0 Å². The predicted molar refractivity (Wildman–Crippen MR) is 135 cm³/mol. The van der Waals surface area contributed by atoms with Crippen LogP contribution in [0.5, 0.6) is 23.1 Å². The van der Waals surface area contributed by atoms with Crippen molar-refractivity contribution in [1.82, 2.24) is 9.88 Å². The van der Waals surface area contributed by atoms with Crippen LogP contribution < -0.4 is 9.47 Å². The van der Waals surface area contributed by atoms with E-state index in [1.807, 2.05) is 31.2 Å². The highest BCUT2D eigenvalue weighted by Gasteiger charge is 2.37. The molecule has 0 aliphatic carbocycles. The summed E-state index contributed by atoms with van der Waals surface area (Å²) in [7, 11) is 3.05. The van der Waals surface area contributed by atoms with Gasteiger partial charge in [0.1, 0.15) is 22.8 Å². The lowest BCUT2D eigenvalue weighted by Crippen LogP contribution is -2.48. The SMILES string of the molecule is CCCCc1nc(O)c(C(=O)N2CC(c3cccc(Cl)c3)C2)c(O)c1-c1c(OC)cccc1OC. The largest absolute Gasteiger partial charge is 0.506 e. The summed E-state index contributed by atoms with van der Waals surface area (Å²) in [6.45, 7) is 2.94. The molecule has 0 radical (unpaired) electrons. The Balaban J connectivity index is 1.75. The molecule has 1 aliphatic heterocycles. The Morgan fingerprint density at radius 3 is 2.34 bits per heavy atom. The first-order chi connectivity index (χ1) is 16.9. The van der Waals surface area contributed by atoms with Gasteiger partial charge < -0.3 is 24.6 Å². The minimum absolute atomic E-state index is 0.132. The number of aromatic nitrogens is 1. The zero-order chi connectivity index (χ0) is 25.1. The van der Waals surface area contributed by atoms with E-state index in [2.05, 4.69) is 4.98 Å². The molecule has 184 valence electrons. The van der Waals surface area contributed by atoms with Gasteiger partial charge in [-0.2, -0.15) is 0 Å². The molecule has 1 saturated heterocycles. The van der Waals surface area contributed by atoms with Crippen LogP contribution in [0.3, 0.4) is 0 Å². The third-order valence-electron chi connectivity index (χ3n) is 6.37. The molecule has 0 saturated carbocycles. The molecule has 1 amide bonds. The number of nitrogens with zero attached hydrogens (tertiary/aromatic N) is 2. The highest BCUT2D eigenvalue weighted by atomic mass is 35.5. The van der Waals surface area contributed by atoms with Gasteiger partial charge in [0.05, 0.1) is 31.0 Å². The van der Waals surface area contributed by atoms with Crippen molar-refractivity contribution in [3.8, 4) is 34.3 Å². The predicted octanol–water partition coefficient (Wildman–Crippen LogP) is 5.41. The summed E-state index contributed by atoms with van der Waals surface area (Å²) in [6, 6.07) is 12.8. The lowest BCUT2D eigenvalue weighted by atomic mass is 9.90. The Morgan fingerprint density at radius 1 is 1.09 bits per heavy atom. The number of aryl methyl sites for hydroxylation is 1. The number of methoxy groups -OCH3 is 2. The number of carbonyl (C=O) groups is 1. The van der Waals surface area contributed by atoms with E-state index in [-0.39, 0.29) is 17.2 Å². The number of amides is 1. The van der Waals surface area contributed by atoms with Gasteiger partial charge in [0, 0.05) is 24.0 Å². The van der Waals surface area contributed by atoms with Crippen LogP contribution in [0, 0.1) is 0 Å². The number of unbranched alkanes of at least 4 members (excludes halogenated alkanes) is 1. The van der Waals surface area contributed by atoms with Gasteiger partial charge in [-0.3, -0.25) is 4.79 Å². The molecule has 2 heterocycles. The Bertz CT molecular complexity index is 1220. The van der Waals surface area contributed by atoms with E-state index >= 15 is 0 Å². The molecule has 7 nitrogen and oxygen atoms in total. The zero-order valence-corrected chi connectivity index (χ0v) is 20.8. The van der Waals surface area contributed by atoms with Crippen LogP contribution in [0.2, 0.25) is 5.02 Å². The van der Waals surface area contributed by atoms with Crippen molar-refractivity contribution in [1.29, 1.82) is 0 Å². The van der Waals surface area contributed by atoms with Crippen LogP contribution in [0.4, 0.5) is 0 Å². The van der Waals surface area contributed by atoms with Crippen LogP contribution in [-0.2, 0) is 6.42 Å². The van der Waals surface area contributed by atoms with Crippen molar-refractivity contribution >= 4 is 17.5 Å². The maximum absolute atomic E-state index is 13.4. The zero-order valence-electron chi connectivity index (χ0n) is 20.0. The highest BCUT2D eigenvalue weighted by molar-refractivity contribution is 6.30. The first-order valence-corrected chi connectivity index (χ1v) is 12.0. The number of halogens is 1. The number of ether oxygens (including phenoxy) is 2. The summed E-state index contributed by atoms with van der Waals surface area (Å²) in [5.41, 5.74) is 2.12. The smallest absolute Gasteiger partial charge is 0.263 e. The number of benzene rings is 2. The second-order valence-corrected chi connectivity index (χ2v) is 9.02. The number of carbonyl (C=O) groups excluding carboxylic acids is 1. The minimum Gasteiger partial charge on any atom is -0.506 e. The molecule has 0 unspecified atom stereocenters. The number of hydrogen-bond donors (Lipinski definition) is 2. The molecular weight excluding hydrogens is 468 g/mol. The van der Waals surface area contributed by atoms with E-state index in [1.54, 1.807) is 23.1 Å². The van der Waals surface area contributed by atoms with Crippen LogP contribution in [0.1, 0.15) is 47.3 Å². The second kappa shape index (κ2) is 10.4. The molecule has 1 fully saturated rings. The maximum atomic E-state index is 13.4. The van der Waals surface area contributed by atoms with Crippen LogP contribution in [0.15, 0.2) is 42.5 Å². The third kappa shape index (κ3) is 4.73. The number of likely N-dealkylation sites (tertiary alicyclic amines) is 1. The van der Waals surface area contributed by atoms with Crippen molar-refractivity contribution in [3.63, 3.8) is 0 Å². The van der Waals surface area contributed by atoms with Crippen LogP contribution in [-0.4, -0.2) is 53.3 Å². The minimum atomic E-state index is -0.484. The average molecular weight is 497 g/mol. The van der Waals surface area contributed by atoms with E-state index in [1.165, 1.54) is 14.2 Å². The van der Waals surface area contributed by atoms with Gasteiger partial charge in [-0.15, -0.1) is 0 Å². The fourth-order valence-corrected chi connectivity index (χ4v) is 4.66. The van der Waals surface area contributed by atoms with Crippen LogP contribution in [0.25, 0.3) is 11.1 Å². The molecular formula is C27H29ClN2O5. The van der Waals surface area contributed by atoms with Gasteiger partial charge in [0.25, 0.3) is 5.91 Å². The molecule has 0 spiro atoms. The molecule has 8 heteroatoms. The summed E-state index contributed by atoms with van der Waals surface area (Å²) in [4.78, 5) is 19.4. The molecule has 2 N–H and O–H groups in total. The molecule has 35 heavy (non-hydrogen) atoms. The summed E-state index contributed by atoms with van der Waals surface area (Å²) < 4.78 is 11.1. The topological polar surface area (TPSA) is 92.1 Å². The molecule has 1 aromatic heterocycles. The fraction of sp³-hybridized carbons (Fsp3) is 0.333. The normalized spacial score (nSPS) is 13.4. The first kappa shape index (κ1) is 24.7. The lowest BCUT2D eigenvalue weighted by Gasteiger charge is -2.39. The van der Waals surface area contributed by atoms with E-state index in [9.17, 15) is 15.0 Å². The van der Waals surface area contributed by atoms with Crippen molar-refractivity contribution in [2.45, 2.75) is 32.1 Å². The number of hydrogen-bond acceptors (Lipinski definition) is 6. The Morgan fingerprint density at radius 2 is 1.74 bits per heavy atom. The lowest BCUT2D eigenvalue weighted by molar-refractivity contribution is 0.0595. The van der Waals surface area contributed by atoms with Crippen molar-refractivity contribution in [3.05, 3.63) is 64.3 Å². The second-order valence-electron chi connectivity index (χ2n) is 8.58. The van der Waals surface area contributed by atoms with Crippen LogP contribution >= 0.6 is 11.6 Å². The third-order valence-corrected chi connectivity index (χ3v) is 6.61. The quantitative estimate of drug-likeness (QED) is 0.433. The summed E-state index contributed by atoms with van der Waals surface area (Å²) in [5.74, 6) is -0.234. The summed E-state index contributed by atoms with van der Waals surface area (Å²) in [5, 5.41) is 22.8. The Hall–Kier alpha value is -3.45. The summed E-state index contributed by atoms with van der Waals surface area (Å²) in [6.07, 6.45) is 2.19. The first-order valence-electron chi connectivity index (χ1n) is 11.6.